The molecular weight excluding hydrogens is 288 g/mol. The monoisotopic (exact) mass is 300 g/mol. The van der Waals surface area contributed by atoms with Gasteiger partial charge in [-0.25, -0.2) is 0 Å². The van der Waals surface area contributed by atoms with Crippen LogP contribution in [-0.2, 0) is 7.05 Å². The zero-order valence-corrected chi connectivity index (χ0v) is 12.1. The molecule has 0 unspecified atom stereocenters. The van der Waals surface area contributed by atoms with Crippen molar-refractivity contribution in [1.29, 1.82) is 0 Å². The number of halogens is 1. The van der Waals surface area contributed by atoms with E-state index >= 15 is 0 Å². The molecule has 106 valence electrons. The summed E-state index contributed by atoms with van der Waals surface area (Å²) >= 11 is 5.92. The lowest BCUT2D eigenvalue weighted by molar-refractivity contribution is 0.102. The Labute approximate surface area is 126 Å². The number of benzene rings is 1. The predicted molar refractivity (Wildman–Crippen MR) is 81.9 cm³/mol. The van der Waals surface area contributed by atoms with Gasteiger partial charge < -0.3 is 9.88 Å². The van der Waals surface area contributed by atoms with Crippen LogP contribution in [0.15, 0.2) is 55.0 Å². The minimum absolute atomic E-state index is 0.228. The molecule has 0 bridgehead atoms. The number of rotatable bonds is 3. The molecule has 21 heavy (non-hydrogen) atoms. The van der Waals surface area contributed by atoms with Crippen molar-refractivity contribution < 1.29 is 4.79 Å². The summed E-state index contributed by atoms with van der Waals surface area (Å²) in [6.07, 6.45) is 5.29. The van der Waals surface area contributed by atoms with E-state index in [1.165, 1.54) is 0 Å². The topological polar surface area (TPSA) is 51.9 Å². The van der Waals surface area contributed by atoms with Gasteiger partial charge in [0.05, 0.1) is 6.20 Å². The van der Waals surface area contributed by atoms with Crippen LogP contribution in [0.1, 0.15) is 10.4 Å². The SMILES string of the molecule is Cn1ncc(C(=O)Nc2cccc(Cl)c2)c1-n1cccc1. The first kappa shape index (κ1) is 13.5. The number of nitrogens with one attached hydrogen (secondary N) is 1. The number of carbonyl (C=O) groups excluding carboxylic acids is 1. The number of hydrogen-bond acceptors (Lipinski definition) is 2. The van der Waals surface area contributed by atoms with E-state index in [9.17, 15) is 4.79 Å². The summed E-state index contributed by atoms with van der Waals surface area (Å²) in [6, 6.07) is 10.8. The fourth-order valence-corrected chi connectivity index (χ4v) is 2.33. The van der Waals surface area contributed by atoms with Gasteiger partial charge in [-0.2, -0.15) is 5.10 Å². The third-order valence-corrected chi connectivity index (χ3v) is 3.32. The van der Waals surface area contributed by atoms with E-state index in [2.05, 4.69) is 10.4 Å². The minimum atomic E-state index is -0.228. The second kappa shape index (κ2) is 5.46. The van der Waals surface area contributed by atoms with E-state index in [4.69, 9.17) is 11.6 Å². The lowest BCUT2D eigenvalue weighted by atomic mass is 10.2. The van der Waals surface area contributed by atoms with Crippen molar-refractivity contribution >= 4 is 23.2 Å². The largest absolute Gasteiger partial charge is 0.322 e. The smallest absolute Gasteiger partial charge is 0.261 e. The number of nitrogens with zero attached hydrogens (tertiary/aromatic N) is 3. The Hall–Kier alpha value is -2.53. The second-order valence-electron chi connectivity index (χ2n) is 4.56. The first-order valence-corrected chi connectivity index (χ1v) is 6.75. The first-order chi connectivity index (χ1) is 10.1. The van der Waals surface area contributed by atoms with Crippen molar-refractivity contribution in [2.75, 3.05) is 5.32 Å². The molecule has 5 nitrogen and oxygen atoms in total. The van der Waals surface area contributed by atoms with Gasteiger partial charge in [-0.3, -0.25) is 9.48 Å². The van der Waals surface area contributed by atoms with Gasteiger partial charge in [0.15, 0.2) is 0 Å². The van der Waals surface area contributed by atoms with Crippen molar-refractivity contribution in [1.82, 2.24) is 14.3 Å². The molecule has 2 aromatic heterocycles. The Morgan fingerprint density at radius 3 is 2.71 bits per heavy atom. The van der Waals surface area contributed by atoms with Crippen molar-refractivity contribution in [2.24, 2.45) is 7.05 Å². The average Bonchev–Trinajstić information content (AvgIpc) is 3.07. The highest BCUT2D eigenvalue weighted by molar-refractivity contribution is 6.31. The zero-order chi connectivity index (χ0) is 14.8. The number of aryl methyl sites for hydroxylation is 1. The van der Waals surface area contributed by atoms with Crippen LogP contribution in [0, 0.1) is 0 Å². The van der Waals surface area contributed by atoms with E-state index < -0.39 is 0 Å². The maximum absolute atomic E-state index is 12.4. The van der Waals surface area contributed by atoms with Gasteiger partial charge in [-0.15, -0.1) is 0 Å². The molecule has 1 N–H and O–H groups in total. The Morgan fingerprint density at radius 2 is 2.00 bits per heavy atom. The molecular formula is C15H13ClN4O. The van der Waals surface area contributed by atoms with Crippen molar-refractivity contribution in [3.05, 3.63) is 65.6 Å². The maximum Gasteiger partial charge on any atom is 0.261 e. The molecule has 0 saturated carbocycles. The number of hydrogen-bond donors (Lipinski definition) is 1. The minimum Gasteiger partial charge on any atom is -0.322 e. The van der Waals surface area contributed by atoms with E-state index in [0.29, 0.717) is 22.1 Å². The molecule has 0 fully saturated rings. The van der Waals surface area contributed by atoms with Gasteiger partial charge in [0.2, 0.25) is 0 Å². The quantitative estimate of drug-likeness (QED) is 0.808. The van der Waals surface area contributed by atoms with Crippen LogP contribution in [0.2, 0.25) is 5.02 Å². The molecule has 3 aromatic rings. The summed E-state index contributed by atoms with van der Waals surface area (Å²) < 4.78 is 3.51. The standard InChI is InChI=1S/C15H13ClN4O/c1-19-15(20-7-2-3-8-20)13(10-17-19)14(21)18-12-6-4-5-11(16)9-12/h2-10H,1H3,(H,18,21). The fraction of sp³-hybridized carbons (Fsp3) is 0.0667. The Bertz CT molecular complexity index is 777. The highest BCUT2D eigenvalue weighted by Gasteiger charge is 2.17. The molecule has 1 aromatic carbocycles. The number of anilines is 1. The van der Waals surface area contributed by atoms with Crippen LogP contribution in [0.4, 0.5) is 5.69 Å². The average molecular weight is 301 g/mol. The van der Waals surface area contributed by atoms with Crippen LogP contribution in [0.5, 0.6) is 0 Å². The lowest BCUT2D eigenvalue weighted by Gasteiger charge is -2.08. The molecule has 0 saturated heterocycles. The van der Waals surface area contributed by atoms with Gasteiger partial charge in [-0.05, 0) is 30.3 Å². The van der Waals surface area contributed by atoms with Crippen molar-refractivity contribution in [2.45, 2.75) is 0 Å². The number of carbonyl (C=O) groups is 1. The fourth-order valence-electron chi connectivity index (χ4n) is 2.14. The summed E-state index contributed by atoms with van der Waals surface area (Å²) in [5.74, 6) is 0.480. The number of aromatic nitrogens is 3. The number of amides is 1. The molecule has 0 atom stereocenters. The molecule has 0 aliphatic carbocycles. The molecule has 0 aliphatic heterocycles. The van der Waals surface area contributed by atoms with Crippen LogP contribution in [0.25, 0.3) is 5.82 Å². The van der Waals surface area contributed by atoms with E-state index in [-0.39, 0.29) is 5.91 Å². The summed E-state index contributed by atoms with van der Waals surface area (Å²) in [5.41, 5.74) is 1.14. The molecule has 0 aliphatic rings. The van der Waals surface area contributed by atoms with E-state index in [0.717, 1.165) is 0 Å². The van der Waals surface area contributed by atoms with Crippen LogP contribution in [0.3, 0.4) is 0 Å². The van der Waals surface area contributed by atoms with Crippen LogP contribution < -0.4 is 5.32 Å². The van der Waals surface area contributed by atoms with Crippen LogP contribution >= 0.6 is 11.6 Å². The molecule has 0 spiro atoms. The second-order valence-corrected chi connectivity index (χ2v) is 5.00. The molecule has 3 rings (SSSR count). The summed E-state index contributed by atoms with van der Waals surface area (Å²) in [6.45, 7) is 0. The van der Waals surface area contributed by atoms with Gasteiger partial charge in [0.1, 0.15) is 11.4 Å². The maximum atomic E-state index is 12.4. The zero-order valence-electron chi connectivity index (χ0n) is 11.3. The Morgan fingerprint density at radius 1 is 1.24 bits per heavy atom. The summed E-state index contributed by atoms with van der Waals surface area (Å²) in [5, 5.41) is 7.56. The van der Waals surface area contributed by atoms with Gasteiger partial charge in [0.25, 0.3) is 5.91 Å². The summed E-state index contributed by atoms with van der Waals surface area (Å²) in [7, 11) is 1.80. The summed E-state index contributed by atoms with van der Waals surface area (Å²) in [4.78, 5) is 12.4. The van der Waals surface area contributed by atoms with Gasteiger partial charge >= 0.3 is 0 Å². The van der Waals surface area contributed by atoms with E-state index in [1.807, 2.05) is 29.1 Å². The Kier molecular flexibility index (Phi) is 3.50. The highest BCUT2D eigenvalue weighted by Crippen LogP contribution is 2.18. The van der Waals surface area contributed by atoms with Gasteiger partial charge in [0, 0.05) is 30.2 Å². The molecule has 1 amide bonds. The molecule has 6 heteroatoms. The predicted octanol–water partition coefficient (Wildman–Crippen LogP) is 3.12. The Balaban J connectivity index is 1.92. The normalized spacial score (nSPS) is 10.6. The third kappa shape index (κ3) is 2.68. The van der Waals surface area contributed by atoms with Crippen molar-refractivity contribution in [3.8, 4) is 5.82 Å². The van der Waals surface area contributed by atoms with Crippen molar-refractivity contribution in [3.63, 3.8) is 0 Å². The third-order valence-electron chi connectivity index (χ3n) is 3.08. The van der Waals surface area contributed by atoms with Gasteiger partial charge in [-0.1, -0.05) is 17.7 Å². The molecule has 0 radical (unpaired) electrons. The van der Waals surface area contributed by atoms with E-state index in [1.54, 1.807) is 42.2 Å². The highest BCUT2D eigenvalue weighted by atomic mass is 35.5. The first-order valence-electron chi connectivity index (χ1n) is 6.37. The van der Waals surface area contributed by atoms with Crippen LogP contribution in [-0.4, -0.2) is 20.3 Å². The lowest BCUT2D eigenvalue weighted by Crippen LogP contribution is -2.14. The molecule has 2 heterocycles.